The van der Waals surface area contributed by atoms with E-state index in [1.54, 1.807) is 35.0 Å². The second-order valence-corrected chi connectivity index (χ2v) is 8.17. The number of carbonyl (C=O) groups excluding carboxylic acids is 1. The number of anilines is 2. The number of methoxy groups -OCH3 is 1. The number of likely N-dealkylation sites (tertiary alicyclic amines) is 1. The lowest BCUT2D eigenvalue weighted by atomic mass is 10.0. The first-order valence-corrected chi connectivity index (χ1v) is 10.7. The van der Waals surface area contributed by atoms with Gasteiger partial charge < -0.3 is 25.0 Å². The monoisotopic (exact) mass is 440 g/mol. The highest BCUT2D eigenvalue weighted by Gasteiger charge is 2.30. The number of benzene rings is 1. The van der Waals surface area contributed by atoms with Crippen molar-refractivity contribution in [2.45, 2.75) is 31.4 Å². The number of carbonyl (C=O) groups is 1. The van der Waals surface area contributed by atoms with Crippen LogP contribution >= 0.6 is 0 Å². The molecule has 2 fully saturated rings. The summed E-state index contributed by atoms with van der Waals surface area (Å²) >= 11 is 0. The summed E-state index contributed by atoms with van der Waals surface area (Å²) < 4.78 is 21.1. The number of halogens is 1. The number of rotatable bonds is 4. The van der Waals surface area contributed by atoms with E-state index in [2.05, 4.69) is 15.3 Å². The summed E-state index contributed by atoms with van der Waals surface area (Å²) in [7, 11) is 1.58. The Labute approximate surface area is 184 Å². The summed E-state index contributed by atoms with van der Waals surface area (Å²) in [5.74, 6) is 1.07. The van der Waals surface area contributed by atoms with E-state index in [1.807, 2.05) is 6.07 Å². The summed E-state index contributed by atoms with van der Waals surface area (Å²) in [6.45, 7) is 1.60. The Balaban J connectivity index is 1.44. The lowest BCUT2D eigenvalue weighted by molar-refractivity contribution is 0.176. The molecule has 2 atom stereocenters. The zero-order chi connectivity index (χ0) is 22.2. The molecule has 0 bridgehead atoms. The third kappa shape index (κ3) is 3.70. The molecule has 2 aliphatic rings. The van der Waals surface area contributed by atoms with Gasteiger partial charge in [0.15, 0.2) is 5.65 Å². The molecule has 168 valence electrons. The molecule has 0 spiro atoms. The molecule has 2 aliphatic heterocycles. The van der Waals surface area contributed by atoms with Gasteiger partial charge in [0.2, 0.25) is 0 Å². The number of urea groups is 1. The molecule has 1 aromatic carbocycles. The molecule has 2 saturated heterocycles. The predicted octanol–water partition coefficient (Wildman–Crippen LogP) is 2.82. The third-order valence-electron chi connectivity index (χ3n) is 6.14. The Morgan fingerprint density at radius 1 is 1.28 bits per heavy atom. The summed E-state index contributed by atoms with van der Waals surface area (Å²) in [6.07, 6.45) is 5.24. The van der Waals surface area contributed by atoms with E-state index < -0.39 is 6.10 Å². The van der Waals surface area contributed by atoms with Crippen molar-refractivity contribution in [3.8, 4) is 5.75 Å². The minimum absolute atomic E-state index is 0.0670. The fourth-order valence-corrected chi connectivity index (χ4v) is 4.56. The van der Waals surface area contributed by atoms with Crippen LogP contribution in [0.3, 0.4) is 0 Å². The van der Waals surface area contributed by atoms with Gasteiger partial charge in [0.25, 0.3) is 0 Å². The van der Waals surface area contributed by atoms with Gasteiger partial charge in [0.05, 0.1) is 25.5 Å². The van der Waals surface area contributed by atoms with Gasteiger partial charge in [-0.05, 0) is 43.5 Å². The van der Waals surface area contributed by atoms with E-state index in [0.717, 1.165) is 30.8 Å². The SMILES string of the molecule is COc1ccc(F)cc1C1CCCN1c1ccn2ncc(NC(=O)N3CCC(O)C3)c2n1. The maximum Gasteiger partial charge on any atom is 0.322 e. The number of ether oxygens (including phenoxy) is 1. The number of nitrogens with zero attached hydrogens (tertiary/aromatic N) is 5. The quantitative estimate of drug-likeness (QED) is 0.648. The number of aromatic nitrogens is 3. The Kier molecular flexibility index (Phi) is 5.30. The normalized spacial score (nSPS) is 20.8. The van der Waals surface area contributed by atoms with E-state index in [1.165, 1.54) is 12.1 Å². The number of aliphatic hydroxyl groups excluding tert-OH is 1. The summed E-state index contributed by atoms with van der Waals surface area (Å²) in [4.78, 5) is 21.0. The van der Waals surface area contributed by atoms with Crippen molar-refractivity contribution >= 4 is 23.2 Å². The van der Waals surface area contributed by atoms with Crippen LogP contribution in [0.2, 0.25) is 0 Å². The van der Waals surface area contributed by atoms with Gasteiger partial charge in [-0.2, -0.15) is 5.10 Å². The molecule has 3 aromatic rings. The highest BCUT2D eigenvalue weighted by atomic mass is 19.1. The van der Waals surface area contributed by atoms with Gasteiger partial charge in [0, 0.05) is 31.4 Å². The van der Waals surface area contributed by atoms with E-state index >= 15 is 0 Å². The fraction of sp³-hybridized carbons (Fsp3) is 0.409. The largest absolute Gasteiger partial charge is 0.496 e. The van der Waals surface area contributed by atoms with Crippen LogP contribution in [0.4, 0.5) is 20.7 Å². The van der Waals surface area contributed by atoms with Crippen molar-refractivity contribution in [3.05, 3.63) is 48.0 Å². The first kappa shape index (κ1) is 20.5. The summed E-state index contributed by atoms with van der Waals surface area (Å²) in [5, 5.41) is 16.8. The standard InChI is InChI=1S/C22H25FN6O3/c1-32-19-5-4-14(23)11-16(19)18-3-2-8-28(18)20-7-10-29-21(26-20)17(12-24-29)25-22(31)27-9-6-15(30)13-27/h4-5,7,10-12,15,18,30H,2-3,6,8-9,13H2,1H3,(H,25,31). The van der Waals surface area contributed by atoms with Crippen molar-refractivity contribution in [1.82, 2.24) is 19.5 Å². The van der Waals surface area contributed by atoms with Crippen molar-refractivity contribution in [1.29, 1.82) is 0 Å². The number of hydrogen-bond donors (Lipinski definition) is 2. The molecule has 0 radical (unpaired) electrons. The molecule has 0 aliphatic carbocycles. The van der Waals surface area contributed by atoms with Gasteiger partial charge in [0.1, 0.15) is 23.1 Å². The summed E-state index contributed by atoms with van der Waals surface area (Å²) in [5.41, 5.74) is 1.81. The van der Waals surface area contributed by atoms with Crippen molar-refractivity contribution in [3.63, 3.8) is 0 Å². The molecule has 5 rings (SSSR count). The van der Waals surface area contributed by atoms with Crippen molar-refractivity contribution < 1.29 is 19.0 Å². The molecule has 2 unspecified atom stereocenters. The highest BCUT2D eigenvalue weighted by molar-refractivity contribution is 5.93. The van der Waals surface area contributed by atoms with Crippen LogP contribution in [0.25, 0.3) is 5.65 Å². The van der Waals surface area contributed by atoms with Crippen LogP contribution in [0.15, 0.2) is 36.7 Å². The number of nitrogens with one attached hydrogen (secondary N) is 1. The number of hydrogen-bond acceptors (Lipinski definition) is 6. The minimum Gasteiger partial charge on any atom is -0.496 e. The van der Waals surface area contributed by atoms with Crippen molar-refractivity contribution in [2.75, 3.05) is 37.0 Å². The molecular weight excluding hydrogens is 415 g/mol. The van der Waals surface area contributed by atoms with Crippen LogP contribution in [0.1, 0.15) is 30.9 Å². The fourth-order valence-electron chi connectivity index (χ4n) is 4.56. The Bertz CT molecular complexity index is 1150. The van der Waals surface area contributed by atoms with Crippen LogP contribution in [0, 0.1) is 5.82 Å². The maximum absolute atomic E-state index is 14.0. The lowest BCUT2D eigenvalue weighted by Crippen LogP contribution is -2.33. The van der Waals surface area contributed by atoms with Gasteiger partial charge in [-0.3, -0.25) is 0 Å². The van der Waals surface area contributed by atoms with Crippen LogP contribution in [0.5, 0.6) is 5.75 Å². The second-order valence-electron chi connectivity index (χ2n) is 8.17. The Hall–Kier alpha value is -3.40. The van der Waals surface area contributed by atoms with E-state index in [4.69, 9.17) is 9.72 Å². The highest BCUT2D eigenvalue weighted by Crippen LogP contribution is 2.39. The number of fused-ring (bicyclic) bond motifs is 1. The van der Waals surface area contributed by atoms with Gasteiger partial charge in [-0.1, -0.05) is 0 Å². The smallest absolute Gasteiger partial charge is 0.322 e. The van der Waals surface area contributed by atoms with Gasteiger partial charge in [-0.25, -0.2) is 18.7 Å². The Morgan fingerprint density at radius 2 is 2.16 bits per heavy atom. The number of amides is 2. The van der Waals surface area contributed by atoms with E-state index in [9.17, 15) is 14.3 Å². The first-order chi connectivity index (χ1) is 15.5. The van der Waals surface area contributed by atoms with Crippen molar-refractivity contribution in [2.24, 2.45) is 0 Å². The zero-order valence-electron chi connectivity index (χ0n) is 17.7. The average Bonchev–Trinajstić information content (AvgIpc) is 3.53. The van der Waals surface area contributed by atoms with Gasteiger partial charge in [-0.15, -0.1) is 0 Å². The molecule has 4 heterocycles. The van der Waals surface area contributed by atoms with Crippen LogP contribution in [-0.2, 0) is 0 Å². The Morgan fingerprint density at radius 3 is 2.94 bits per heavy atom. The molecule has 0 saturated carbocycles. The molecule has 9 nitrogen and oxygen atoms in total. The number of β-amino-alcohol motifs (C(OH)–C–C–N with tert-alkyl or cyclic N) is 1. The second kappa shape index (κ2) is 8.27. The topological polar surface area (TPSA) is 95.2 Å². The molecule has 32 heavy (non-hydrogen) atoms. The van der Waals surface area contributed by atoms with Crippen LogP contribution in [-0.4, -0.2) is 63.5 Å². The average molecular weight is 440 g/mol. The summed E-state index contributed by atoms with van der Waals surface area (Å²) in [6, 6.07) is 6.08. The lowest BCUT2D eigenvalue weighted by Gasteiger charge is -2.27. The van der Waals surface area contributed by atoms with E-state index in [-0.39, 0.29) is 17.9 Å². The first-order valence-electron chi connectivity index (χ1n) is 10.7. The van der Waals surface area contributed by atoms with Crippen LogP contribution < -0.4 is 15.0 Å². The van der Waals surface area contributed by atoms with Gasteiger partial charge >= 0.3 is 6.03 Å². The molecule has 2 amide bonds. The molecule has 10 heteroatoms. The number of aliphatic hydroxyl groups is 1. The molecule has 2 N–H and O–H groups in total. The molecule has 2 aromatic heterocycles. The zero-order valence-corrected chi connectivity index (χ0v) is 17.7. The maximum atomic E-state index is 14.0. The molecular formula is C22H25FN6O3. The minimum atomic E-state index is -0.485. The predicted molar refractivity (Wildman–Crippen MR) is 116 cm³/mol. The van der Waals surface area contributed by atoms with E-state index in [0.29, 0.717) is 36.6 Å². The third-order valence-corrected chi connectivity index (χ3v) is 6.14.